The van der Waals surface area contributed by atoms with E-state index >= 15 is 0 Å². The smallest absolute Gasteiger partial charge is 0.407 e. The fourth-order valence-electron chi connectivity index (χ4n) is 5.85. The summed E-state index contributed by atoms with van der Waals surface area (Å²) in [6.45, 7) is 9.17. The van der Waals surface area contributed by atoms with E-state index in [1.54, 1.807) is 4.90 Å². The lowest BCUT2D eigenvalue weighted by Crippen LogP contribution is -2.37. The Morgan fingerprint density at radius 1 is 1.05 bits per heavy atom. The zero-order valence-corrected chi connectivity index (χ0v) is 25.7. The molecule has 0 radical (unpaired) electrons. The second-order valence-corrected chi connectivity index (χ2v) is 18.3. The summed E-state index contributed by atoms with van der Waals surface area (Å²) in [4.78, 5) is 13.4. The van der Waals surface area contributed by atoms with E-state index < -0.39 is 25.8 Å². The van der Waals surface area contributed by atoms with Gasteiger partial charge in [-0.05, 0) is 67.6 Å². The molecule has 222 valence electrons. The number of aromatic nitrogens is 1. The van der Waals surface area contributed by atoms with Crippen LogP contribution in [0.5, 0.6) is 0 Å². The molecule has 1 heterocycles. The van der Waals surface area contributed by atoms with Crippen molar-refractivity contribution in [2.45, 2.75) is 76.8 Å². The predicted molar refractivity (Wildman–Crippen MR) is 165 cm³/mol. The van der Waals surface area contributed by atoms with Gasteiger partial charge in [0.1, 0.15) is 11.6 Å². The number of hydrogen-bond acceptors (Lipinski definition) is 2. The van der Waals surface area contributed by atoms with Gasteiger partial charge in [-0.1, -0.05) is 69.2 Å². The Kier molecular flexibility index (Phi) is 10.8. The molecule has 3 aromatic rings. The van der Waals surface area contributed by atoms with E-state index in [0.717, 1.165) is 36.2 Å². The molecule has 1 aliphatic carbocycles. The number of halogens is 2. The topological polar surface area (TPSA) is 57.5 Å². The number of benzene rings is 2. The minimum Gasteiger partial charge on any atom is -0.465 e. The van der Waals surface area contributed by atoms with E-state index in [1.807, 2.05) is 30.5 Å². The van der Waals surface area contributed by atoms with E-state index in [0.29, 0.717) is 44.1 Å². The Labute approximate surface area is 244 Å². The highest BCUT2D eigenvalue weighted by Gasteiger charge is 2.28. The van der Waals surface area contributed by atoms with Crippen molar-refractivity contribution in [3.63, 3.8) is 0 Å². The minimum atomic E-state index is -1.34. The van der Waals surface area contributed by atoms with E-state index in [1.165, 1.54) is 31.4 Å². The number of hydrogen-bond donors (Lipinski definition) is 2. The van der Waals surface area contributed by atoms with Gasteiger partial charge < -0.3 is 19.9 Å². The molecule has 1 fully saturated rings. The fourth-order valence-corrected chi connectivity index (χ4v) is 6.80. The first kappa shape index (κ1) is 31.0. The van der Waals surface area contributed by atoms with Crippen molar-refractivity contribution >= 4 is 14.2 Å². The van der Waals surface area contributed by atoms with Crippen LogP contribution in [0.4, 0.5) is 13.6 Å². The van der Waals surface area contributed by atoms with E-state index in [9.17, 15) is 18.7 Å². The lowest BCUT2D eigenvalue weighted by molar-refractivity contribution is 0.146. The van der Waals surface area contributed by atoms with Crippen LogP contribution in [0.15, 0.2) is 60.8 Å². The van der Waals surface area contributed by atoms with Gasteiger partial charge in [-0.25, -0.2) is 13.6 Å². The number of nitrogens with one attached hydrogen (secondary N) is 1. The first-order valence-electron chi connectivity index (χ1n) is 15.0. The third-order valence-electron chi connectivity index (χ3n) is 8.18. The molecule has 1 atom stereocenters. The van der Waals surface area contributed by atoms with Crippen molar-refractivity contribution in [3.8, 4) is 11.1 Å². The molecule has 2 N–H and O–H groups in total. The summed E-state index contributed by atoms with van der Waals surface area (Å²) >= 11 is 0. The van der Waals surface area contributed by atoms with Crippen LogP contribution >= 0.6 is 0 Å². The molecule has 1 aliphatic rings. The summed E-state index contributed by atoms with van der Waals surface area (Å²) in [5.74, 6) is -0.484. The number of carbonyl (C=O) groups is 1. The molecule has 1 aromatic heterocycles. The van der Waals surface area contributed by atoms with Gasteiger partial charge in [0.2, 0.25) is 0 Å². The Morgan fingerprint density at radius 2 is 1.78 bits per heavy atom. The van der Waals surface area contributed by atoms with Crippen LogP contribution in [-0.4, -0.2) is 48.4 Å². The minimum absolute atomic E-state index is 0.0321. The van der Waals surface area contributed by atoms with Gasteiger partial charge >= 0.3 is 6.09 Å². The average Bonchev–Trinajstić information content (AvgIpc) is 3.34. The maximum Gasteiger partial charge on any atom is 0.407 e. The van der Waals surface area contributed by atoms with Crippen LogP contribution in [0.2, 0.25) is 25.7 Å². The van der Waals surface area contributed by atoms with Crippen molar-refractivity contribution in [2.75, 3.05) is 19.6 Å². The van der Waals surface area contributed by atoms with Crippen LogP contribution in [-0.2, 0) is 6.54 Å². The molecule has 1 amide bonds. The predicted octanol–water partition coefficient (Wildman–Crippen LogP) is 8.40. The zero-order valence-electron chi connectivity index (χ0n) is 24.7. The number of rotatable bonds is 13. The molecule has 0 bridgehead atoms. The van der Waals surface area contributed by atoms with Gasteiger partial charge in [0.05, 0.1) is 6.04 Å². The highest BCUT2D eigenvalue weighted by molar-refractivity contribution is 6.76. The Morgan fingerprint density at radius 3 is 2.46 bits per heavy atom. The van der Waals surface area contributed by atoms with Gasteiger partial charge in [0.25, 0.3) is 0 Å². The van der Waals surface area contributed by atoms with Crippen molar-refractivity contribution in [3.05, 3.63) is 83.7 Å². The quantitative estimate of drug-likeness (QED) is 0.157. The molecule has 0 spiro atoms. The summed E-state index contributed by atoms with van der Waals surface area (Å²) in [7, 11) is -1.34. The highest BCUT2D eigenvalue weighted by Crippen LogP contribution is 2.37. The largest absolute Gasteiger partial charge is 0.465 e. The fraction of sp³-hybridized carbons (Fsp3) is 0.485. The molecule has 41 heavy (non-hydrogen) atoms. The first-order chi connectivity index (χ1) is 19.6. The van der Waals surface area contributed by atoms with Gasteiger partial charge in [0, 0.05) is 50.7 Å². The molecule has 1 saturated carbocycles. The van der Waals surface area contributed by atoms with Crippen molar-refractivity contribution in [1.29, 1.82) is 0 Å². The summed E-state index contributed by atoms with van der Waals surface area (Å²) in [6, 6.07) is 16.8. The molecule has 0 aliphatic heterocycles. The first-order valence-corrected chi connectivity index (χ1v) is 18.7. The summed E-state index contributed by atoms with van der Waals surface area (Å²) in [5.41, 5.74) is 3.13. The maximum absolute atomic E-state index is 14.9. The van der Waals surface area contributed by atoms with E-state index in [2.05, 4.69) is 41.7 Å². The molecule has 2 aromatic carbocycles. The average molecular weight is 582 g/mol. The molecule has 4 rings (SSSR count). The third-order valence-corrected chi connectivity index (χ3v) is 9.90. The van der Waals surface area contributed by atoms with Crippen LogP contribution in [0.25, 0.3) is 11.1 Å². The number of carboxylic acid groups (broad SMARTS) is 1. The molecule has 0 unspecified atom stereocenters. The highest BCUT2D eigenvalue weighted by atomic mass is 28.3. The monoisotopic (exact) mass is 581 g/mol. The van der Waals surface area contributed by atoms with Crippen molar-refractivity contribution in [1.82, 2.24) is 14.8 Å². The van der Waals surface area contributed by atoms with Gasteiger partial charge in [-0.3, -0.25) is 0 Å². The normalized spacial score (nSPS) is 15.1. The van der Waals surface area contributed by atoms with Gasteiger partial charge in [-0.2, -0.15) is 0 Å². The van der Waals surface area contributed by atoms with Crippen molar-refractivity contribution in [2.24, 2.45) is 5.92 Å². The lowest BCUT2D eigenvalue weighted by atomic mass is 9.82. The number of nitrogens with zero attached hydrogens (tertiary/aromatic N) is 2. The molecular weight excluding hydrogens is 536 g/mol. The second kappa shape index (κ2) is 14.3. The van der Waals surface area contributed by atoms with Crippen LogP contribution in [0.1, 0.15) is 55.8 Å². The van der Waals surface area contributed by atoms with Crippen LogP contribution < -0.4 is 5.32 Å². The van der Waals surface area contributed by atoms with Crippen LogP contribution in [0, 0.1) is 17.6 Å². The lowest BCUT2D eigenvalue weighted by Gasteiger charge is -2.32. The number of amides is 1. The van der Waals surface area contributed by atoms with E-state index in [-0.39, 0.29) is 11.6 Å². The SMILES string of the molecule is C[Si](C)(C)CCN(CCCN[C@@H](c1cc(-c2cc(F)ccc2F)cn1Cc1ccccc1)C1CCCCC1)C(=O)O. The Bertz CT molecular complexity index is 1270. The molecule has 0 saturated heterocycles. The van der Waals surface area contributed by atoms with Crippen LogP contribution in [0.3, 0.4) is 0 Å². The Hall–Kier alpha value is -2.97. The van der Waals surface area contributed by atoms with Gasteiger partial charge in [-0.15, -0.1) is 0 Å². The molecule has 5 nitrogen and oxygen atoms in total. The zero-order chi connectivity index (χ0) is 29.4. The third kappa shape index (κ3) is 9.00. The standard InChI is InChI=1S/C33H45F2N3O2Si/c1-41(2,3)20-19-37(33(39)40)18-10-17-36-32(26-13-8-5-9-14-26)31-21-27(29-22-28(34)15-16-30(29)35)24-38(31)23-25-11-6-4-7-12-25/h4,6-7,11-12,15-16,21-22,24,26,32,36H,5,8-10,13-14,17-20,23H2,1-3H3,(H,39,40)/t32-/m1/s1. The molecular formula is C33H45F2N3O2Si. The summed E-state index contributed by atoms with van der Waals surface area (Å²) in [6.07, 6.45) is 7.61. The molecule has 8 heteroatoms. The second-order valence-electron chi connectivity index (χ2n) is 12.7. The maximum atomic E-state index is 14.9. The Balaban J connectivity index is 1.59. The van der Waals surface area contributed by atoms with Crippen molar-refractivity contribution < 1.29 is 18.7 Å². The van der Waals surface area contributed by atoms with Gasteiger partial charge in [0.15, 0.2) is 0 Å². The summed E-state index contributed by atoms with van der Waals surface area (Å²) < 4.78 is 31.2. The van der Waals surface area contributed by atoms with E-state index in [4.69, 9.17) is 0 Å². The summed E-state index contributed by atoms with van der Waals surface area (Å²) in [5, 5.41) is 13.5.